The van der Waals surface area contributed by atoms with E-state index in [1.54, 1.807) is 0 Å². The first kappa shape index (κ1) is 9.47. The van der Waals surface area contributed by atoms with Crippen molar-refractivity contribution < 1.29 is 0 Å². The molecular weight excluding hydrogens is 160 g/mol. The van der Waals surface area contributed by atoms with E-state index < -0.39 is 0 Å². The Morgan fingerprint density at radius 3 is 2.38 bits per heavy atom. The number of nitrogens with one attached hydrogen (secondary N) is 1. The van der Waals surface area contributed by atoms with Gasteiger partial charge in [-0.3, -0.25) is 0 Å². The van der Waals surface area contributed by atoms with Crippen LogP contribution < -0.4 is 11.1 Å². The standard InChI is InChI=1S/C11H22N2/c12-7-11(10-3-1-2-4-10)13-8-9-5-6-9/h9-11,13H,1-8,12H2. The quantitative estimate of drug-likeness (QED) is 0.676. The average Bonchev–Trinajstić information content (AvgIpc) is 2.81. The molecule has 13 heavy (non-hydrogen) atoms. The minimum Gasteiger partial charge on any atom is -0.329 e. The highest BCUT2D eigenvalue weighted by Crippen LogP contribution is 2.30. The molecule has 1 unspecified atom stereocenters. The SMILES string of the molecule is NCC(NCC1CC1)C1CCCC1. The summed E-state index contributed by atoms with van der Waals surface area (Å²) in [6, 6.07) is 0.614. The summed E-state index contributed by atoms with van der Waals surface area (Å²) in [5.74, 6) is 1.86. The van der Waals surface area contributed by atoms with Crippen LogP contribution in [0.5, 0.6) is 0 Å². The molecule has 0 aromatic carbocycles. The minimum atomic E-state index is 0.614. The van der Waals surface area contributed by atoms with Gasteiger partial charge in [-0.1, -0.05) is 12.8 Å². The van der Waals surface area contributed by atoms with Crippen molar-refractivity contribution in [2.45, 2.75) is 44.6 Å². The molecule has 0 saturated heterocycles. The molecule has 0 heterocycles. The number of nitrogens with two attached hydrogens (primary N) is 1. The van der Waals surface area contributed by atoms with Gasteiger partial charge in [-0.05, 0) is 44.1 Å². The number of hydrogen-bond acceptors (Lipinski definition) is 2. The van der Waals surface area contributed by atoms with Crippen LogP contribution in [0.25, 0.3) is 0 Å². The van der Waals surface area contributed by atoms with Gasteiger partial charge in [0.05, 0.1) is 0 Å². The largest absolute Gasteiger partial charge is 0.329 e. The van der Waals surface area contributed by atoms with E-state index in [2.05, 4.69) is 5.32 Å². The maximum absolute atomic E-state index is 5.80. The van der Waals surface area contributed by atoms with E-state index >= 15 is 0 Å². The van der Waals surface area contributed by atoms with Crippen molar-refractivity contribution in [3.05, 3.63) is 0 Å². The maximum atomic E-state index is 5.80. The first-order valence-corrected chi connectivity index (χ1v) is 5.83. The van der Waals surface area contributed by atoms with E-state index in [9.17, 15) is 0 Å². The lowest BCUT2D eigenvalue weighted by Gasteiger charge is -2.23. The maximum Gasteiger partial charge on any atom is 0.0218 e. The molecule has 2 aliphatic rings. The molecule has 3 N–H and O–H groups in total. The molecule has 0 spiro atoms. The van der Waals surface area contributed by atoms with Gasteiger partial charge in [0.2, 0.25) is 0 Å². The summed E-state index contributed by atoms with van der Waals surface area (Å²) in [5, 5.41) is 3.65. The lowest BCUT2D eigenvalue weighted by molar-refractivity contribution is 0.360. The van der Waals surface area contributed by atoms with Gasteiger partial charge in [0.15, 0.2) is 0 Å². The highest BCUT2D eigenvalue weighted by Gasteiger charge is 2.26. The molecule has 2 heteroatoms. The smallest absolute Gasteiger partial charge is 0.0218 e. The van der Waals surface area contributed by atoms with Gasteiger partial charge in [-0.15, -0.1) is 0 Å². The summed E-state index contributed by atoms with van der Waals surface area (Å²) in [7, 11) is 0. The molecular formula is C11H22N2. The zero-order valence-corrected chi connectivity index (χ0v) is 8.47. The third-order valence-corrected chi connectivity index (χ3v) is 3.59. The fourth-order valence-corrected chi connectivity index (χ4v) is 2.44. The Morgan fingerprint density at radius 2 is 1.85 bits per heavy atom. The van der Waals surface area contributed by atoms with Crippen LogP contribution in [-0.4, -0.2) is 19.1 Å². The fourth-order valence-electron chi connectivity index (χ4n) is 2.44. The Kier molecular flexibility index (Phi) is 3.23. The summed E-state index contributed by atoms with van der Waals surface area (Å²) in [4.78, 5) is 0. The molecule has 0 aromatic heterocycles. The molecule has 0 amide bonds. The van der Waals surface area contributed by atoms with Crippen molar-refractivity contribution in [1.29, 1.82) is 0 Å². The zero-order chi connectivity index (χ0) is 9.10. The summed E-state index contributed by atoms with van der Waals surface area (Å²) in [6.07, 6.45) is 8.53. The lowest BCUT2D eigenvalue weighted by atomic mass is 9.98. The molecule has 2 nitrogen and oxygen atoms in total. The van der Waals surface area contributed by atoms with Gasteiger partial charge >= 0.3 is 0 Å². The number of rotatable bonds is 5. The molecule has 1 atom stereocenters. The van der Waals surface area contributed by atoms with Gasteiger partial charge < -0.3 is 11.1 Å². The van der Waals surface area contributed by atoms with E-state index in [1.165, 1.54) is 45.1 Å². The molecule has 0 aromatic rings. The van der Waals surface area contributed by atoms with Crippen molar-refractivity contribution in [3.63, 3.8) is 0 Å². The zero-order valence-electron chi connectivity index (χ0n) is 8.47. The van der Waals surface area contributed by atoms with Crippen molar-refractivity contribution in [2.75, 3.05) is 13.1 Å². The van der Waals surface area contributed by atoms with Crippen LogP contribution in [0.1, 0.15) is 38.5 Å². The topological polar surface area (TPSA) is 38.0 Å². The fraction of sp³-hybridized carbons (Fsp3) is 1.00. The molecule has 76 valence electrons. The highest BCUT2D eigenvalue weighted by molar-refractivity contribution is 4.84. The molecule has 2 rings (SSSR count). The second-order valence-electron chi connectivity index (χ2n) is 4.74. The minimum absolute atomic E-state index is 0.614. The summed E-state index contributed by atoms with van der Waals surface area (Å²) in [5.41, 5.74) is 5.80. The summed E-state index contributed by atoms with van der Waals surface area (Å²) in [6.45, 7) is 2.05. The third kappa shape index (κ3) is 2.68. The van der Waals surface area contributed by atoms with Gasteiger partial charge in [0.25, 0.3) is 0 Å². The first-order valence-electron chi connectivity index (χ1n) is 5.83. The van der Waals surface area contributed by atoms with Crippen LogP contribution in [0.2, 0.25) is 0 Å². The Bertz CT molecular complexity index is 148. The molecule has 2 fully saturated rings. The van der Waals surface area contributed by atoms with E-state index in [4.69, 9.17) is 5.73 Å². The van der Waals surface area contributed by atoms with E-state index in [1.807, 2.05) is 0 Å². The molecule has 0 radical (unpaired) electrons. The Labute approximate surface area is 81.3 Å². The van der Waals surface area contributed by atoms with Crippen LogP contribution >= 0.6 is 0 Å². The monoisotopic (exact) mass is 182 g/mol. The number of hydrogen-bond donors (Lipinski definition) is 2. The van der Waals surface area contributed by atoms with Gasteiger partial charge in [0.1, 0.15) is 0 Å². The van der Waals surface area contributed by atoms with E-state index in [-0.39, 0.29) is 0 Å². The predicted molar refractivity (Wildman–Crippen MR) is 55.5 cm³/mol. The van der Waals surface area contributed by atoms with Gasteiger partial charge in [-0.2, -0.15) is 0 Å². The van der Waals surface area contributed by atoms with Crippen molar-refractivity contribution in [2.24, 2.45) is 17.6 Å². The summed E-state index contributed by atoms with van der Waals surface area (Å²) >= 11 is 0. The van der Waals surface area contributed by atoms with Crippen LogP contribution in [0.4, 0.5) is 0 Å². The van der Waals surface area contributed by atoms with E-state index in [0.29, 0.717) is 6.04 Å². The van der Waals surface area contributed by atoms with Crippen molar-refractivity contribution in [3.8, 4) is 0 Å². The molecule has 2 saturated carbocycles. The Morgan fingerprint density at radius 1 is 1.15 bits per heavy atom. The van der Waals surface area contributed by atoms with Crippen LogP contribution in [0.15, 0.2) is 0 Å². The predicted octanol–water partition coefficient (Wildman–Crippen LogP) is 1.50. The Hall–Kier alpha value is -0.0800. The van der Waals surface area contributed by atoms with Crippen LogP contribution in [0.3, 0.4) is 0 Å². The van der Waals surface area contributed by atoms with Gasteiger partial charge in [0, 0.05) is 12.6 Å². The third-order valence-electron chi connectivity index (χ3n) is 3.59. The van der Waals surface area contributed by atoms with E-state index in [0.717, 1.165) is 18.4 Å². The molecule has 2 aliphatic carbocycles. The highest BCUT2D eigenvalue weighted by atomic mass is 14.9. The summed E-state index contributed by atoms with van der Waals surface area (Å²) < 4.78 is 0. The van der Waals surface area contributed by atoms with Crippen LogP contribution in [-0.2, 0) is 0 Å². The van der Waals surface area contributed by atoms with Crippen molar-refractivity contribution in [1.82, 2.24) is 5.32 Å². The second kappa shape index (κ2) is 4.43. The average molecular weight is 182 g/mol. The lowest BCUT2D eigenvalue weighted by Crippen LogP contribution is -2.42. The second-order valence-corrected chi connectivity index (χ2v) is 4.74. The van der Waals surface area contributed by atoms with Gasteiger partial charge in [-0.25, -0.2) is 0 Å². The normalized spacial score (nSPS) is 26.5. The first-order chi connectivity index (χ1) is 6.40. The van der Waals surface area contributed by atoms with Crippen molar-refractivity contribution >= 4 is 0 Å². The molecule has 0 aliphatic heterocycles. The Balaban J connectivity index is 1.70. The molecule has 0 bridgehead atoms. The van der Waals surface area contributed by atoms with Crippen LogP contribution in [0, 0.1) is 11.8 Å².